The van der Waals surface area contributed by atoms with E-state index in [1.807, 2.05) is 36.7 Å². The van der Waals surface area contributed by atoms with E-state index in [0.717, 1.165) is 116 Å². The summed E-state index contributed by atoms with van der Waals surface area (Å²) in [5.41, 5.74) is 2.74. The molecule has 2 unspecified atom stereocenters. The monoisotopic (exact) mass is 712 g/mol. The first-order valence-corrected chi connectivity index (χ1v) is 19.8. The van der Waals surface area contributed by atoms with Crippen LogP contribution in [0.1, 0.15) is 97.8 Å². The molecule has 2 saturated carbocycles. The lowest BCUT2D eigenvalue weighted by atomic mass is 9.89. The second-order valence-corrected chi connectivity index (χ2v) is 15.2. The van der Waals surface area contributed by atoms with E-state index >= 15 is 0 Å². The van der Waals surface area contributed by atoms with E-state index in [2.05, 4.69) is 19.8 Å². The molecule has 280 valence electrons. The minimum absolute atomic E-state index is 0.0506. The summed E-state index contributed by atoms with van der Waals surface area (Å²) in [6.07, 6.45) is 16.6. The number of rotatable bonds is 16. The van der Waals surface area contributed by atoms with Crippen LogP contribution in [0.2, 0.25) is 0 Å². The molecule has 0 bridgehead atoms. The Morgan fingerprint density at radius 1 is 0.577 bits per heavy atom. The van der Waals surface area contributed by atoms with Gasteiger partial charge in [-0.05, 0) is 89.4 Å². The summed E-state index contributed by atoms with van der Waals surface area (Å²) in [5.74, 6) is 3.56. The lowest BCUT2D eigenvalue weighted by Crippen LogP contribution is -2.46. The third-order valence-corrected chi connectivity index (χ3v) is 11.9. The van der Waals surface area contributed by atoms with Crippen molar-refractivity contribution in [1.82, 2.24) is 9.80 Å². The van der Waals surface area contributed by atoms with Crippen LogP contribution >= 0.6 is 0 Å². The van der Waals surface area contributed by atoms with Crippen molar-refractivity contribution in [3.8, 4) is 23.0 Å². The lowest BCUT2D eigenvalue weighted by molar-refractivity contribution is 0.0904. The van der Waals surface area contributed by atoms with Crippen molar-refractivity contribution in [3.63, 3.8) is 0 Å². The van der Waals surface area contributed by atoms with Crippen LogP contribution < -0.4 is 18.9 Å². The summed E-state index contributed by atoms with van der Waals surface area (Å²) in [5, 5.41) is 0. The number of carbonyl (C=O) groups is 2. The highest BCUT2D eigenvalue weighted by atomic mass is 16.5. The van der Waals surface area contributed by atoms with Crippen LogP contribution in [0, 0.1) is 23.7 Å². The molecule has 3 aliphatic heterocycles. The highest BCUT2D eigenvalue weighted by Crippen LogP contribution is 2.44. The van der Waals surface area contributed by atoms with Crippen LogP contribution in [0.3, 0.4) is 0 Å². The fraction of sp³-hybridized carbons (Fsp3) is 0.619. The van der Waals surface area contributed by atoms with E-state index < -0.39 is 0 Å². The molecule has 7 rings (SSSR count). The maximum atomic E-state index is 13.2. The van der Waals surface area contributed by atoms with Gasteiger partial charge in [-0.15, -0.1) is 0 Å². The number of ether oxygens (including phenoxy) is 4. The zero-order valence-electron chi connectivity index (χ0n) is 31.2. The number of hydrogen-bond donors (Lipinski definition) is 0. The molecule has 5 aliphatic rings. The Balaban J connectivity index is 0.753. The minimum Gasteiger partial charge on any atom is -0.493 e. The highest BCUT2D eigenvalue weighted by Gasteiger charge is 2.37. The Kier molecular flexibility index (Phi) is 12.2. The van der Waals surface area contributed by atoms with Crippen molar-refractivity contribution >= 4 is 35.4 Å². The van der Waals surface area contributed by atoms with Crippen molar-refractivity contribution < 1.29 is 28.5 Å². The van der Waals surface area contributed by atoms with E-state index in [4.69, 9.17) is 18.9 Å². The Morgan fingerprint density at radius 2 is 1.02 bits per heavy atom. The lowest BCUT2D eigenvalue weighted by Gasteiger charge is -2.34. The van der Waals surface area contributed by atoms with E-state index in [-0.39, 0.29) is 35.2 Å². The quantitative estimate of drug-likeness (QED) is 0.163. The van der Waals surface area contributed by atoms with Crippen LogP contribution in [0.15, 0.2) is 34.3 Å². The zero-order chi connectivity index (χ0) is 35.9. The van der Waals surface area contributed by atoms with Crippen LogP contribution in [0.4, 0.5) is 11.4 Å². The van der Waals surface area contributed by atoms with Crippen molar-refractivity contribution in [2.24, 2.45) is 33.7 Å². The molecule has 10 nitrogen and oxygen atoms in total. The molecule has 0 spiro atoms. The molecular weight excluding hydrogens is 656 g/mol. The number of Topliss-reactive ketones (excluding diaryl/α,β-unsaturated/α-hetero) is 2. The maximum absolute atomic E-state index is 13.2. The molecule has 4 atom stereocenters. The average Bonchev–Trinajstić information content (AvgIpc) is 3.80. The molecular formula is C42H56N4O6. The van der Waals surface area contributed by atoms with Gasteiger partial charge in [0.05, 0.1) is 38.8 Å². The molecule has 0 radical (unpaired) electrons. The smallest absolute Gasteiger partial charge is 0.168 e. The van der Waals surface area contributed by atoms with Gasteiger partial charge in [-0.2, -0.15) is 0 Å². The molecule has 0 amide bonds. The normalized spacial score (nSPS) is 24.1. The molecule has 10 heteroatoms. The van der Waals surface area contributed by atoms with Gasteiger partial charge in [0.15, 0.2) is 34.6 Å². The highest BCUT2D eigenvalue weighted by molar-refractivity contribution is 6.07. The molecule has 2 aliphatic carbocycles. The predicted molar refractivity (Wildman–Crippen MR) is 204 cm³/mol. The summed E-state index contributed by atoms with van der Waals surface area (Å²) >= 11 is 0. The van der Waals surface area contributed by atoms with Gasteiger partial charge >= 0.3 is 0 Å². The van der Waals surface area contributed by atoms with E-state index in [0.29, 0.717) is 58.7 Å². The molecule has 52 heavy (non-hydrogen) atoms. The molecule has 3 heterocycles. The van der Waals surface area contributed by atoms with Gasteiger partial charge in [-0.3, -0.25) is 19.6 Å². The Labute approximate surface area is 308 Å². The first-order chi connectivity index (χ1) is 25.5. The summed E-state index contributed by atoms with van der Waals surface area (Å²) in [7, 11) is 3.27. The summed E-state index contributed by atoms with van der Waals surface area (Å²) in [6.45, 7) is 7.98. The Morgan fingerprint density at radius 3 is 1.44 bits per heavy atom. The topological polar surface area (TPSA) is 102 Å². The van der Waals surface area contributed by atoms with E-state index in [1.54, 1.807) is 14.2 Å². The molecule has 2 aromatic rings. The average molecular weight is 713 g/mol. The maximum Gasteiger partial charge on any atom is 0.168 e. The molecule has 1 saturated heterocycles. The van der Waals surface area contributed by atoms with Gasteiger partial charge in [-0.1, -0.05) is 12.8 Å². The number of benzene rings is 2. The number of nitrogens with zero attached hydrogens (tertiary/aromatic N) is 4. The van der Waals surface area contributed by atoms with Crippen molar-refractivity contribution in [1.29, 1.82) is 0 Å². The fourth-order valence-corrected chi connectivity index (χ4v) is 8.82. The molecule has 2 aromatic carbocycles. The second kappa shape index (κ2) is 17.4. The number of hydrogen-bond acceptors (Lipinski definition) is 10. The van der Waals surface area contributed by atoms with Crippen LogP contribution in [0.25, 0.3) is 0 Å². The van der Waals surface area contributed by atoms with Crippen molar-refractivity contribution in [3.05, 3.63) is 35.4 Å². The number of carbonyl (C=O) groups excluding carboxylic acids is 2. The molecule has 0 N–H and O–H groups in total. The number of ketones is 2. The van der Waals surface area contributed by atoms with Crippen molar-refractivity contribution in [2.75, 3.05) is 66.7 Å². The predicted octanol–water partition coefficient (Wildman–Crippen LogP) is 7.75. The standard InChI is InChI=1S/C42H56N4O6/c1-49-37-23-33-35(43-27-29-11-9-13-31(29)41(33)47)25-39(37)51-21-7-3-5-15-45-17-19-46(20-18-45)16-6-4-8-22-52-40-26-36-34(24-38(40)50-2)42(48)32-14-10-12-30(32)28-44-36/h23-32H,3-22H2,1-2H3/t29-,30-,31?,32?/m0/s1. The van der Waals surface area contributed by atoms with Gasteiger partial charge < -0.3 is 28.7 Å². The van der Waals surface area contributed by atoms with E-state index in [1.165, 1.54) is 0 Å². The van der Waals surface area contributed by atoms with Gasteiger partial charge in [-0.25, -0.2) is 0 Å². The summed E-state index contributed by atoms with van der Waals surface area (Å²) < 4.78 is 23.5. The first kappa shape index (κ1) is 36.6. The van der Waals surface area contributed by atoms with Gasteiger partial charge in [0.25, 0.3) is 0 Å². The summed E-state index contributed by atoms with van der Waals surface area (Å²) in [6, 6.07) is 7.43. The van der Waals surface area contributed by atoms with Gasteiger partial charge in [0.2, 0.25) is 0 Å². The first-order valence-electron chi connectivity index (χ1n) is 19.8. The van der Waals surface area contributed by atoms with Crippen LogP contribution in [0.5, 0.6) is 23.0 Å². The summed E-state index contributed by atoms with van der Waals surface area (Å²) in [4.78, 5) is 40.9. The SMILES string of the molecule is COc1cc2c(cc1OCCCCCN1CCN(CCCCCOc3cc4c(cc3OC)C(=O)C3CCC[C@H]3C=N4)CC1)N=C[C@@H]1CCCC1C2=O. The molecule has 0 aromatic heterocycles. The Hall–Kier alpha value is -3.76. The third-order valence-electron chi connectivity index (χ3n) is 11.9. The van der Waals surface area contributed by atoms with Gasteiger partial charge in [0.1, 0.15) is 0 Å². The molecule has 3 fully saturated rings. The largest absolute Gasteiger partial charge is 0.493 e. The number of methoxy groups -OCH3 is 2. The van der Waals surface area contributed by atoms with Crippen LogP contribution in [-0.4, -0.2) is 100 Å². The van der Waals surface area contributed by atoms with Crippen LogP contribution in [-0.2, 0) is 0 Å². The number of aliphatic imine (C=N–C) groups is 2. The minimum atomic E-state index is 0.0506. The fourth-order valence-electron chi connectivity index (χ4n) is 8.82. The Bertz CT molecular complexity index is 1510. The van der Waals surface area contributed by atoms with E-state index in [9.17, 15) is 9.59 Å². The number of fused-ring (bicyclic) bond motifs is 4. The number of piperazine rings is 1. The zero-order valence-corrected chi connectivity index (χ0v) is 31.2. The second-order valence-electron chi connectivity index (χ2n) is 15.2. The number of unbranched alkanes of at least 4 members (excludes halogenated alkanes) is 4. The van der Waals surface area contributed by atoms with Crippen molar-refractivity contribution in [2.45, 2.75) is 77.0 Å². The van der Waals surface area contributed by atoms with Gasteiger partial charge in [0, 0.05) is 85.5 Å². The third kappa shape index (κ3) is 8.38.